The third kappa shape index (κ3) is 2.94. The van der Waals surface area contributed by atoms with Crippen LogP contribution in [0.2, 0.25) is 0 Å². The summed E-state index contributed by atoms with van der Waals surface area (Å²) < 4.78 is 2.12. The number of aromatic nitrogens is 4. The number of rotatable bonds is 3. The van der Waals surface area contributed by atoms with E-state index >= 15 is 0 Å². The molecule has 1 aliphatic rings. The fraction of sp³-hybridized carbons (Fsp3) is 0.360. The Balaban J connectivity index is 1.64. The number of nitrogens with one attached hydrogen (secondary N) is 1. The molecule has 4 heterocycles. The summed E-state index contributed by atoms with van der Waals surface area (Å²) in [5, 5.41) is 5.91. The van der Waals surface area contributed by atoms with Crippen LogP contribution in [0.15, 0.2) is 30.5 Å². The van der Waals surface area contributed by atoms with Crippen LogP contribution in [0.5, 0.6) is 0 Å². The van der Waals surface area contributed by atoms with Gasteiger partial charge in [0.05, 0.1) is 22.8 Å². The van der Waals surface area contributed by atoms with E-state index < -0.39 is 0 Å². The van der Waals surface area contributed by atoms with Gasteiger partial charge in [-0.05, 0) is 63.4 Å². The highest BCUT2D eigenvalue weighted by Gasteiger charge is 2.38. The first-order chi connectivity index (χ1) is 15.2. The van der Waals surface area contributed by atoms with Gasteiger partial charge in [-0.15, -0.1) is 0 Å². The average molecular weight is 423 g/mol. The Morgan fingerprint density at radius 1 is 1.12 bits per heavy atom. The molecule has 1 aromatic carbocycles. The molecular formula is C25H31B2N5. The van der Waals surface area contributed by atoms with Crippen LogP contribution >= 0.6 is 0 Å². The highest BCUT2D eigenvalue weighted by Crippen LogP contribution is 2.40. The number of anilines is 1. The molecule has 5 rings (SSSR count). The lowest BCUT2D eigenvalue weighted by Gasteiger charge is -2.46. The Bertz CT molecular complexity index is 1350. The molecule has 0 saturated carbocycles. The van der Waals surface area contributed by atoms with Gasteiger partial charge in [0.1, 0.15) is 15.7 Å². The fourth-order valence-electron chi connectivity index (χ4n) is 5.87. The van der Waals surface area contributed by atoms with Crippen molar-refractivity contribution in [2.24, 2.45) is 0 Å². The zero-order valence-electron chi connectivity index (χ0n) is 20.3. The third-order valence-corrected chi connectivity index (χ3v) is 7.24. The number of benzene rings is 1. The molecular weight excluding hydrogens is 392 g/mol. The fourth-order valence-corrected chi connectivity index (χ4v) is 5.87. The van der Waals surface area contributed by atoms with Crippen molar-refractivity contribution in [1.82, 2.24) is 19.7 Å². The molecule has 162 valence electrons. The van der Waals surface area contributed by atoms with Crippen molar-refractivity contribution in [3.05, 3.63) is 64.2 Å². The van der Waals surface area contributed by atoms with Crippen LogP contribution in [-0.4, -0.2) is 42.0 Å². The second-order valence-corrected chi connectivity index (χ2v) is 9.64. The van der Waals surface area contributed by atoms with Crippen LogP contribution in [0, 0.1) is 27.7 Å². The highest BCUT2D eigenvalue weighted by molar-refractivity contribution is 6.42. The van der Waals surface area contributed by atoms with Crippen molar-refractivity contribution in [3.8, 4) is 11.3 Å². The lowest BCUT2D eigenvalue weighted by Crippen LogP contribution is -2.53. The molecule has 3 aromatic heterocycles. The number of hydrogen-bond acceptors (Lipinski definition) is 3. The van der Waals surface area contributed by atoms with Crippen LogP contribution in [0.3, 0.4) is 0 Å². The molecule has 0 bridgehead atoms. The predicted molar refractivity (Wildman–Crippen MR) is 138 cm³/mol. The van der Waals surface area contributed by atoms with E-state index in [0.29, 0.717) is 0 Å². The highest BCUT2D eigenvalue weighted by atomic mass is 15.3. The molecule has 0 amide bonds. The minimum absolute atomic E-state index is 0.156. The summed E-state index contributed by atoms with van der Waals surface area (Å²) in [5.41, 5.74) is 12.2. The van der Waals surface area contributed by atoms with Gasteiger partial charge < -0.3 is 9.88 Å². The second-order valence-electron chi connectivity index (χ2n) is 9.64. The summed E-state index contributed by atoms with van der Waals surface area (Å²) >= 11 is 0. The minimum atomic E-state index is -0.156. The zero-order valence-corrected chi connectivity index (χ0v) is 20.3. The van der Waals surface area contributed by atoms with Gasteiger partial charge in [-0.25, -0.2) is 0 Å². The Kier molecular flexibility index (Phi) is 4.77. The maximum Gasteiger partial charge on any atom is 0.129 e. The molecule has 1 N–H and O–H groups in total. The van der Waals surface area contributed by atoms with E-state index in [1.54, 1.807) is 0 Å². The van der Waals surface area contributed by atoms with Gasteiger partial charge in [-0.3, -0.25) is 9.67 Å². The van der Waals surface area contributed by atoms with Gasteiger partial charge in [-0.2, -0.15) is 5.10 Å². The summed E-state index contributed by atoms with van der Waals surface area (Å²) in [7, 11) is 4.66. The zero-order chi connectivity index (χ0) is 22.8. The first-order valence-corrected chi connectivity index (χ1v) is 11.6. The molecule has 0 radical (unpaired) electrons. The van der Waals surface area contributed by atoms with Gasteiger partial charge >= 0.3 is 0 Å². The van der Waals surface area contributed by atoms with Crippen LogP contribution in [0.4, 0.5) is 5.69 Å². The molecule has 0 aliphatic carbocycles. The van der Waals surface area contributed by atoms with E-state index in [0.717, 1.165) is 30.9 Å². The average Bonchev–Trinajstić information content (AvgIpc) is 3.26. The van der Waals surface area contributed by atoms with Gasteiger partial charge in [0.25, 0.3) is 0 Å². The van der Waals surface area contributed by atoms with Crippen LogP contribution in [-0.2, 0) is 18.3 Å². The molecule has 5 nitrogen and oxygen atoms in total. The van der Waals surface area contributed by atoms with Crippen molar-refractivity contribution >= 4 is 32.3 Å². The quantitative estimate of drug-likeness (QED) is 0.516. The molecule has 1 aliphatic heterocycles. The molecule has 0 unspecified atom stereocenters. The minimum Gasteiger partial charge on any atom is -0.374 e. The van der Waals surface area contributed by atoms with Crippen LogP contribution in [0.25, 0.3) is 22.2 Å². The first kappa shape index (κ1) is 20.9. The van der Waals surface area contributed by atoms with Gasteiger partial charge in [0, 0.05) is 53.2 Å². The number of hydrogen-bond donors (Lipinski definition) is 1. The molecule has 0 fully saturated rings. The Labute approximate surface area is 192 Å². The predicted octanol–water partition coefficient (Wildman–Crippen LogP) is 3.12. The number of aryl methyl sites for hydroxylation is 4. The molecule has 32 heavy (non-hydrogen) atoms. The molecule has 0 spiro atoms. The van der Waals surface area contributed by atoms with Crippen molar-refractivity contribution in [3.63, 3.8) is 0 Å². The number of fused-ring (bicyclic) bond motifs is 2. The SMILES string of the molecule is BC1(B)c2c(C)cc(-c3cccc4[nH]cc(C)c34)nc2CCN1c1c(C)nn(CC)c1C. The van der Waals surface area contributed by atoms with Crippen LogP contribution < -0.4 is 4.90 Å². The van der Waals surface area contributed by atoms with Crippen molar-refractivity contribution in [1.29, 1.82) is 0 Å². The maximum absolute atomic E-state index is 5.24. The maximum atomic E-state index is 5.24. The van der Waals surface area contributed by atoms with E-state index in [9.17, 15) is 0 Å². The second kappa shape index (κ2) is 7.29. The number of pyridine rings is 1. The lowest BCUT2D eigenvalue weighted by molar-refractivity contribution is 0.626. The Morgan fingerprint density at radius 2 is 1.91 bits per heavy atom. The molecule has 7 heteroatoms. The number of H-pyrrole nitrogens is 1. The van der Waals surface area contributed by atoms with Gasteiger partial charge in [0.2, 0.25) is 0 Å². The van der Waals surface area contributed by atoms with E-state index in [1.807, 2.05) is 0 Å². The van der Waals surface area contributed by atoms with Gasteiger partial charge in [-0.1, -0.05) is 12.1 Å². The smallest absolute Gasteiger partial charge is 0.129 e. The van der Waals surface area contributed by atoms with E-state index in [2.05, 4.69) is 95.3 Å². The van der Waals surface area contributed by atoms with Crippen molar-refractivity contribution in [2.45, 2.75) is 52.9 Å². The van der Waals surface area contributed by atoms with Crippen molar-refractivity contribution in [2.75, 3.05) is 11.4 Å². The largest absolute Gasteiger partial charge is 0.374 e. The molecule has 0 saturated heterocycles. The monoisotopic (exact) mass is 423 g/mol. The van der Waals surface area contributed by atoms with Crippen molar-refractivity contribution < 1.29 is 0 Å². The Hall–Kier alpha value is -2.95. The number of aromatic amines is 1. The summed E-state index contributed by atoms with van der Waals surface area (Å²) in [4.78, 5) is 11.2. The number of nitrogens with zero attached hydrogens (tertiary/aromatic N) is 4. The third-order valence-electron chi connectivity index (χ3n) is 7.24. The molecule has 4 aromatic rings. The van der Waals surface area contributed by atoms with E-state index in [1.165, 1.54) is 50.2 Å². The standard InChI is InChI=1S/C25H31B2N5/c1-6-32-17(5)24(16(4)30-32)31-11-10-20-23(25(31,26)27)14(2)12-21(29-20)18-8-7-9-19-22(18)15(3)13-28-19/h7-9,12-13,28H,6,10-11,26-27H2,1-5H3. The summed E-state index contributed by atoms with van der Waals surface area (Å²) in [6, 6.07) is 8.73. The summed E-state index contributed by atoms with van der Waals surface area (Å²) in [6.45, 7) is 12.7. The first-order valence-electron chi connectivity index (χ1n) is 11.6. The van der Waals surface area contributed by atoms with Crippen LogP contribution in [0.1, 0.15) is 40.7 Å². The lowest BCUT2D eigenvalue weighted by atomic mass is 9.54. The van der Waals surface area contributed by atoms with E-state index in [4.69, 9.17) is 10.1 Å². The summed E-state index contributed by atoms with van der Waals surface area (Å²) in [6.07, 6.45) is 3.02. The normalized spacial score (nSPS) is 15.3. The molecule has 0 atom stereocenters. The topological polar surface area (TPSA) is 49.7 Å². The van der Waals surface area contributed by atoms with E-state index in [-0.39, 0.29) is 5.34 Å². The Morgan fingerprint density at radius 3 is 2.62 bits per heavy atom. The summed E-state index contributed by atoms with van der Waals surface area (Å²) in [5.74, 6) is 0. The van der Waals surface area contributed by atoms with Gasteiger partial charge in [0.15, 0.2) is 0 Å².